The van der Waals surface area contributed by atoms with E-state index in [0.29, 0.717) is 13.1 Å². The predicted molar refractivity (Wildman–Crippen MR) is 87.4 cm³/mol. The van der Waals surface area contributed by atoms with Crippen LogP contribution in [0.2, 0.25) is 0 Å². The Morgan fingerprint density at radius 1 is 1.33 bits per heavy atom. The number of carboxylic acid groups (broad SMARTS) is 1. The van der Waals surface area contributed by atoms with Crippen LogP contribution in [0.15, 0.2) is 28.7 Å². The summed E-state index contributed by atoms with van der Waals surface area (Å²) < 4.78 is 0.823. The number of carbonyl (C=O) groups is 2. The minimum atomic E-state index is -0.984. The van der Waals surface area contributed by atoms with Crippen molar-refractivity contribution in [1.82, 2.24) is 4.90 Å². The highest BCUT2D eigenvalue weighted by molar-refractivity contribution is 9.10. The third-order valence-electron chi connectivity index (χ3n) is 2.94. The zero-order chi connectivity index (χ0) is 16.0. The monoisotopic (exact) mass is 354 g/mol. The van der Waals surface area contributed by atoms with Crippen LogP contribution in [0.5, 0.6) is 0 Å². The average molecular weight is 355 g/mol. The van der Waals surface area contributed by atoms with E-state index in [0.717, 1.165) is 21.8 Å². The molecule has 0 bridgehead atoms. The maximum absolute atomic E-state index is 11.8. The van der Waals surface area contributed by atoms with Gasteiger partial charge in [0.1, 0.15) is 0 Å². The molecule has 21 heavy (non-hydrogen) atoms. The number of rotatable bonds is 6. The fourth-order valence-corrected chi connectivity index (χ4v) is 2.37. The van der Waals surface area contributed by atoms with Gasteiger partial charge in [0, 0.05) is 31.2 Å². The number of carbonyl (C=O) groups excluding carboxylic acids is 1. The molecule has 0 spiro atoms. The van der Waals surface area contributed by atoms with Crippen LogP contribution < -0.4 is 4.90 Å². The first kappa shape index (κ1) is 17.2. The van der Waals surface area contributed by atoms with Gasteiger partial charge in [0.2, 0.25) is 5.91 Å². The Hall–Kier alpha value is -1.82. The van der Waals surface area contributed by atoms with Crippen LogP contribution in [0.25, 0.3) is 6.08 Å². The summed E-state index contributed by atoms with van der Waals surface area (Å²) in [7, 11) is 3.45. The van der Waals surface area contributed by atoms with Crippen molar-refractivity contribution in [2.75, 3.05) is 32.1 Å². The van der Waals surface area contributed by atoms with Crippen molar-refractivity contribution < 1.29 is 14.7 Å². The van der Waals surface area contributed by atoms with Crippen LogP contribution in [0, 0.1) is 0 Å². The number of hydrogen-bond acceptors (Lipinski definition) is 3. The van der Waals surface area contributed by atoms with E-state index in [2.05, 4.69) is 15.9 Å². The average Bonchev–Trinajstić information content (AvgIpc) is 2.42. The molecule has 0 saturated carbocycles. The molecule has 1 aromatic carbocycles. The van der Waals surface area contributed by atoms with Gasteiger partial charge in [-0.15, -0.1) is 0 Å². The number of amides is 1. The van der Waals surface area contributed by atoms with Gasteiger partial charge in [-0.25, -0.2) is 4.79 Å². The number of benzene rings is 1. The lowest BCUT2D eigenvalue weighted by Crippen LogP contribution is -2.36. The molecule has 114 valence electrons. The van der Waals surface area contributed by atoms with E-state index in [1.54, 1.807) is 19.0 Å². The summed E-state index contributed by atoms with van der Waals surface area (Å²) in [5.74, 6) is -0.958. The standard InChI is InChI=1S/C15H19BrN2O3/c1-4-18(10-14(19)17(2)3)13-7-5-11(9-12(13)16)6-8-15(20)21/h5-9H,4,10H2,1-3H3,(H,20,21)/b8-6+. The fraction of sp³-hybridized carbons (Fsp3) is 0.333. The number of carboxylic acids is 1. The molecule has 0 radical (unpaired) electrons. The molecule has 0 fully saturated rings. The van der Waals surface area contributed by atoms with Gasteiger partial charge in [-0.3, -0.25) is 4.79 Å². The minimum absolute atomic E-state index is 0.0265. The third kappa shape index (κ3) is 5.23. The summed E-state index contributed by atoms with van der Waals surface area (Å²) in [4.78, 5) is 25.9. The third-order valence-corrected chi connectivity index (χ3v) is 3.57. The van der Waals surface area contributed by atoms with E-state index < -0.39 is 5.97 Å². The maximum atomic E-state index is 11.8. The smallest absolute Gasteiger partial charge is 0.328 e. The van der Waals surface area contributed by atoms with E-state index in [4.69, 9.17) is 5.11 Å². The second-order valence-electron chi connectivity index (χ2n) is 4.68. The molecule has 0 aromatic heterocycles. The van der Waals surface area contributed by atoms with Crippen molar-refractivity contribution in [1.29, 1.82) is 0 Å². The van der Waals surface area contributed by atoms with E-state index in [1.165, 1.54) is 6.08 Å². The maximum Gasteiger partial charge on any atom is 0.328 e. The van der Waals surface area contributed by atoms with Gasteiger partial charge < -0.3 is 14.9 Å². The molecule has 0 aliphatic carbocycles. The van der Waals surface area contributed by atoms with Gasteiger partial charge in [-0.05, 0) is 46.6 Å². The van der Waals surface area contributed by atoms with Gasteiger partial charge in [0.25, 0.3) is 0 Å². The van der Waals surface area contributed by atoms with E-state index in [1.807, 2.05) is 30.0 Å². The van der Waals surface area contributed by atoms with Gasteiger partial charge in [-0.1, -0.05) is 6.07 Å². The lowest BCUT2D eigenvalue weighted by Gasteiger charge is -2.25. The van der Waals surface area contributed by atoms with Gasteiger partial charge in [0.05, 0.1) is 12.2 Å². The number of aliphatic carboxylic acids is 1. The Kier molecular flexibility index (Phi) is 6.42. The molecule has 0 heterocycles. The van der Waals surface area contributed by atoms with Crippen LogP contribution in [0.3, 0.4) is 0 Å². The Morgan fingerprint density at radius 3 is 2.48 bits per heavy atom. The first-order valence-corrected chi connectivity index (χ1v) is 7.30. The molecule has 1 amide bonds. The van der Waals surface area contributed by atoms with Gasteiger partial charge >= 0.3 is 5.97 Å². The zero-order valence-electron chi connectivity index (χ0n) is 12.3. The van der Waals surface area contributed by atoms with Crippen molar-refractivity contribution in [3.8, 4) is 0 Å². The molecule has 0 aliphatic heterocycles. The van der Waals surface area contributed by atoms with Crippen molar-refractivity contribution in [2.45, 2.75) is 6.92 Å². The number of likely N-dealkylation sites (N-methyl/N-ethyl adjacent to an activating group) is 2. The van der Waals surface area contributed by atoms with Crippen molar-refractivity contribution in [3.63, 3.8) is 0 Å². The van der Waals surface area contributed by atoms with E-state index in [-0.39, 0.29) is 5.91 Å². The van der Waals surface area contributed by atoms with E-state index in [9.17, 15) is 9.59 Å². The molecular formula is C15H19BrN2O3. The summed E-state index contributed by atoms with van der Waals surface area (Å²) in [5, 5.41) is 8.63. The number of hydrogen-bond donors (Lipinski definition) is 1. The minimum Gasteiger partial charge on any atom is -0.478 e. The lowest BCUT2D eigenvalue weighted by molar-refractivity contribution is -0.131. The lowest BCUT2D eigenvalue weighted by atomic mass is 10.1. The van der Waals surface area contributed by atoms with Crippen LogP contribution in [-0.4, -0.2) is 49.1 Å². The Balaban J connectivity index is 2.96. The fourth-order valence-electron chi connectivity index (χ4n) is 1.72. The second kappa shape index (κ2) is 7.83. The summed E-state index contributed by atoms with van der Waals surface area (Å²) >= 11 is 3.47. The quantitative estimate of drug-likeness (QED) is 0.797. The molecule has 0 aliphatic rings. The second-order valence-corrected chi connectivity index (χ2v) is 5.54. The molecule has 5 nitrogen and oxygen atoms in total. The Labute approximate surface area is 133 Å². The van der Waals surface area contributed by atoms with Crippen LogP contribution in [0.1, 0.15) is 12.5 Å². The summed E-state index contributed by atoms with van der Waals surface area (Å²) in [6.07, 6.45) is 2.62. The Morgan fingerprint density at radius 2 is 2.00 bits per heavy atom. The molecule has 1 N–H and O–H groups in total. The zero-order valence-corrected chi connectivity index (χ0v) is 13.9. The highest BCUT2D eigenvalue weighted by Crippen LogP contribution is 2.27. The molecular weight excluding hydrogens is 336 g/mol. The van der Waals surface area contributed by atoms with Crippen LogP contribution >= 0.6 is 15.9 Å². The molecule has 1 aromatic rings. The number of nitrogens with zero attached hydrogens (tertiary/aromatic N) is 2. The molecule has 0 atom stereocenters. The number of anilines is 1. The molecule has 0 unspecified atom stereocenters. The summed E-state index contributed by atoms with van der Waals surface area (Å²) in [6, 6.07) is 5.53. The molecule has 6 heteroatoms. The van der Waals surface area contributed by atoms with Crippen LogP contribution in [0.4, 0.5) is 5.69 Å². The largest absolute Gasteiger partial charge is 0.478 e. The topological polar surface area (TPSA) is 60.9 Å². The van der Waals surface area contributed by atoms with Gasteiger partial charge in [0.15, 0.2) is 0 Å². The highest BCUT2D eigenvalue weighted by Gasteiger charge is 2.14. The first-order valence-electron chi connectivity index (χ1n) is 6.50. The molecule has 1 rings (SSSR count). The van der Waals surface area contributed by atoms with Gasteiger partial charge in [-0.2, -0.15) is 0 Å². The first-order chi connectivity index (χ1) is 9.85. The van der Waals surface area contributed by atoms with Crippen molar-refractivity contribution >= 4 is 39.6 Å². The van der Waals surface area contributed by atoms with Crippen molar-refractivity contribution in [3.05, 3.63) is 34.3 Å². The number of halogens is 1. The SMILES string of the molecule is CCN(CC(=O)N(C)C)c1ccc(/C=C/C(=O)O)cc1Br. The van der Waals surface area contributed by atoms with E-state index >= 15 is 0 Å². The summed E-state index contributed by atoms with van der Waals surface area (Å²) in [5.41, 5.74) is 1.68. The highest BCUT2D eigenvalue weighted by atomic mass is 79.9. The normalized spacial score (nSPS) is 10.7. The molecule has 0 saturated heterocycles. The van der Waals surface area contributed by atoms with Crippen molar-refractivity contribution in [2.24, 2.45) is 0 Å². The Bertz CT molecular complexity index is 556. The summed E-state index contributed by atoms with van der Waals surface area (Å²) in [6.45, 7) is 2.97. The van der Waals surface area contributed by atoms with Crippen LogP contribution in [-0.2, 0) is 9.59 Å². The predicted octanol–water partition coefficient (Wildman–Crippen LogP) is 2.46.